The maximum Gasteiger partial charge on any atom is 0.248 e. The van der Waals surface area contributed by atoms with E-state index in [9.17, 15) is 13.6 Å². The van der Waals surface area contributed by atoms with Crippen LogP contribution in [-0.4, -0.2) is 31.0 Å². The fourth-order valence-corrected chi connectivity index (χ4v) is 2.40. The number of carbonyl (C=O) groups is 1. The molecule has 2 N–H and O–H groups in total. The van der Waals surface area contributed by atoms with E-state index in [1.165, 1.54) is 0 Å². The Balaban J connectivity index is 1.77. The summed E-state index contributed by atoms with van der Waals surface area (Å²) in [7, 11) is 0. The van der Waals surface area contributed by atoms with Crippen molar-refractivity contribution in [2.45, 2.75) is 44.1 Å². The van der Waals surface area contributed by atoms with E-state index in [2.05, 4.69) is 10.6 Å². The Labute approximate surface area is 94.0 Å². The van der Waals surface area contributed by atoms with Gasteiger partial charge in [0.25, 0.3) is 0 Å². The van der Waals surface area contributed by atoms with Crippen LogP contribution in [0, 0.1) is 5.92 Å². The summed E-state index contributed by atoms with van der Waals surface area (Å²) in [4.78, 5) is 11.8. The van der Waals surface area contributed by atoms with Gasteiger partial charge in [0.1, 0.15) is 0 Å². The largest absolute Gasteiger partial charge is 0.352 e. The van der Waals surface area contributed by atoms with Crippen molar-refractivity contribution < 1.29 is 13.6 Å². The van der Waals surface area contributed by atoms with Crippen LogP contribution < -0.4 is 10.6 Å². The van der Waals surface area contributed by atoms with Crippen LogP contribution in [0.2, 0.25) is 0 Å². The summed E-state index contributed by atoms with van der Waals surface area (Å²) in [6.07, 6.45) is 1.29. The van der Waals surface area contributed by atoms with E-state index in [1.807, 2.05) is 0 Å². The molecule has 0 aromatic carbocycles. The fraction of sp³-hybridized carbons (Fsp3) is 0.909. The third-order valence-corrected chi connectivity index (χ3v) is 3.49. The predicted octanol–water partition coefficient (Wildman–Crippen LogP) is 1.29. The van der Waals surface area contributed by atoms with E-state index in [0.717, 1.165) is 19.5 Å². The Bertz CT molecular complexity index is 255. The summed E-state index contributed by atoms with van der Waals surface area (Å²) in [6, 6.07) is 0.190. The monoisotopic (exact) mass is 232 g/mol. The van der Waals surface area contributed by atoms with Gasteiger partial charge < -0.3 is 10.6 Å². The minimum absolute atomic E-state index is 0.0378. The first-order valence-electron chi connectivity index (χ1n) is 5.96. The van der Waals surface area contributed by atoms with E-state index in [0.29, 0.717) is 12.8 Å². The molecule has 0 radical (unpaired) electrons. The van der Waals surface area contributed by atoms with Crippen LogP contribution in [0.5, 0.6) is 0 Å². The molecular weight excluding hydrogens is 214 g/mol. The van der Waals surface area contributed by atoms with Crippen molar-refractivity contribution in [3.63, 3.8) is 0 Å². The zero-order valence-corrected chi connectivity index (χ0v) is 9.27. The molecule has 1 amide bonds. The second-order valence-corrected chi connectivity index (χ2v) is 4.83. The molecule has 1 saturated heterocycles. The van der Waals surface area contributed by atoms with Crippen molar-refractivity contribution >= 4 is 5.91 Å². The highest BCUT2D eigenvalue weighted by atomic mass is 19.3. The average molecular weight is 232 g/mol. The molecule has 3 nitrogen and oxygen atoms in total. The molecule has 0 bridgehead atoms. The molecule has 0 aromatic heterocycles. The SMILES string of the molecule is O=C(NC1CCNC1)C1CCC(F)(F)CC1. The number of nitrogens with one attached hydrogen (secondary N) is 2. The topological polar surface area (TPSA) is 41.1 Å². The van der Waals surface area contributed by atoms with E-state index in [-0.39, 0.29) is 30.7 Å². The van der Waals surface area contributed by atoms with E-state index in [1.54, 1.807) is 0 Å². The van der Waals surface area contributed by atoms with Crippen LogP contribution in [0.15, 0.2) is 0 Å². The Hall–Kier alpha value is -0.710. The smallest absolute Gasteiger partial charge is 0.248 e. The lowest BCUT2D eigenvalue weighted by Gasteiger charge is -2.28. The third kappa shape index (κ3) is 2.90. The summed E-state index contributed by atoms with van der Waals surface area (Å²) in [5.41, 5.74) is 0. The average Bonchev–Trinajstić information content (AvgIpc) is 2.70. The molecular formula is C11H18F2N2O. The van der Waals surface area contributed by atoms with Gasteiger partial charge in [0.2, 0.25) is 11.8 Å². The Morgan fingerprint density at radius 2 is 1.94 bits per heavy atom. The molecule has 2 rings (SSSR count). The van der Waals surface area contributed by atoms with Crippen LogP contribution >= 0.6 is 0 Å². The number of halogens is 2. The van der Waals surface area contributed by atoms with Gasteiger partial charge in [-0.05, 0) is 25.8 Å². The second-order valence-electron chi connectivity index (χ2n) is 4.83. The summed E-state index contributed by atoms with van der Waals surface area (Å²) in [6.45, 7) is 1.72. The van der Waals surface area contributed by atoms with Gasteiger partial charge in [0, 0.05) is 31.3 Å². The zero-order chi connectivity index (χ0) is 11.6. The van der Waals surface area contributed by atoms with E-state index in [4.69, 9.17) is 0 Å². The van der Waals surface area contributed by atoms with Crippen LogP contribution in [0.3, 0.4) is 0 Å². The molecule has 2 fully saturated rings. The van der Waals surface area contributed by atoms with Gasteiger partial charge in [-0.15, -0.1) is 0 Å². The summed E-state index contributed by atoms with van der Waals surface area (Å²) >= 11 is 0. The van der Waals surface area contributed by atoms with Crippen molar-refractivity contribution in [3.8, 4) is 0 Å². The summed E-state index contributed by atoms with van der Waals surface area (Å²) in [5.74, 6) is -2.80. The normalized spacial score (nSPS) is 30.2. The molecule has 0 aromatic rings. The van der Waals surface area contributed by atoms with Crippen molar-refractivity contribution in [1.82, 2.24) is 10.6 Å². The van der Waals surface area contributed by atoms with E-state index < -0.39 is 5.92 Å². The molecule has 1 heterocycles. The highest BCUT2D eigenvalue weighted by Gasteiger charge is 2.37. The quantitative estimate of drug-likeness (QED) is 0.753. The van der Waals surface area contributed by atoms with Crippen LogP contribution in [-0.2, 0) is 4.79 Å². The van der Waals surface area contributed by atoms with Gasteiger partial charge in [0.05, 0.1) is 0 Å². The van der Waals surface area contributed by atoms with Crippen molar-refractivity contribution in [2.24, 2.45) is 5.92 Å². The molecule has 92 valence electrons. The van der Waals surface area contributed by atoms with Gasteiger partial charge >= 0.3 is 0 Å². The molecule has 1 saturated carbocycles. The summed E-state index contributed by atoms with van der Waals surface area (Å²) < 4.78 is 25.8. The predicted molar refractivity (Wildman–Crippen MR) is 56.3 cm³/mol. The van der Waals surface area contributed by atoms with Crippen molar-refractivity contribution in [3.05, 3.63) is 0 Å². The highest BCUT2D eigenvalue weighted by molar-refractivity contribution is 5.79. The Morgan fingerprint density at radius 3 is 2.50 bits per heavy atom. The number of amides is 1. The first kappa shape index (κ1) is 11.8. The number of hydrogen-bond donors (Lipinski definition) is 2. The highest BCUT2D eigenvalue weighted by Crippen LogP contribution is 2.36. The molecule has 1 unspecified atom stereocenters. The summed E-state index contributed by atoms with van der Waals surface area (Å²) in [5, 5.41) is 6.09. The second kappa shape index (κ2) is 4.65. The molecule has 1 aliphatic carbocycles. The number of hydrogen-bond acceptors (Lipinski definition) is 2. The maximum atomic E-state index is 12.9. The Morgan fingerprint density at radius 1 is 1.25 bits per heavy atom. The Kier molecular flexibility index (Phi) is 3.42. The first-order chi connectivity index (χ1) is 7.57. The van der Waals surface area contributed by atoms with Gasteiger partial charge in [-0.25, -0.2) is 8.78 Å². The molecule has 2 aliphatic rings. The van der Waals surface area contributed by atoms with Gasteiger partial charge in [-0.1, -0.05) is 0 Å². The van der Waals surface area contributed by atoms with Gasteiger partial charge in [-0.2, -0.15) is 0 Å². The molecule has 0 spiro atoms. The first-order valence-corrected chi connectivity index (χ1v) is 5.96. The van der Waals surface area contributed by atoms with Crippen molar-refractivity contribution in [1.29, 1.82) is 0 Å². The number of rotatable bonds is 2. The van der Waals surface area contributed by atoms with Gasteiger partial charge in [-0.3, -0.25) is 4.79 Å². The van der Waals surface area contributed by atoms with Crippen molar-refractivity contribution in [2.75, 3.05) is 13.1 Å². The van der Waals surface area contributed by atoms with Gasteiger partial charge in [0.15, 0.2) is 0 Å². The minimum Gasteiger partial charge on any atom is -0.352 e. The number of alkyl halides is 2. The maximum absolute atomic E-state index is 12.9. The van der Waals surface area contributed by atoms with Crippen LogP contribution in [0.25, 0.3) is 0 Å². The fourth-order valence-electron chi connectivity index (χ4n) is 2.40. The lowest BCUT2D eigenvalue weighted by molar-refractivity contribution is -0.129. The lowest BCUT2D eigenvalue weighted by atomic mass is 9.86. The van der Waals surface area contributed by atoms with Crippen LogP contribution in [0.4, 0.5) is 8.78 Å². The standard InChI is InChI=1S/C11H18F2N2O/c12-11(13)4-1-8(2-5-11)10(16)15-9-3-6-14-7-9/h8-9,14H,1-7H2,(H,15,16). The molecule has 1 atom stereocenters. The number of carbonyl (C=O) groups excluding carboxylic acids is 1. The molecule has 16 heavy (non-hydrogen) atoms. The zero-order valence-electron chi connectivity index (χ0n) is 9.27. The lowest BCUT2D eigenvalue weighted by Crippen LogP contribution is -2.42. The van der Waals surface area contributed by atoms with Crippen LogP contribution in [0.1, 0.15) is 32.1 Å². The minimum atomic E-state index is -2.55. The molecule has 1 aliphatic heterocycles. The van der Waals surface area contributed by atoms with E-state index >= 15 is 0 Å². The third-order valence-electron chi connectivity index (χ3n) is 3.49. The molecule has 5 heteroatoms.